The van der Waals surface area contributed by atoms with Gasteiger partial charge in [-0.05, 0) is 75.6 Å². The molecule has 0 unspecified atom stereocenters. The standard InChI is InChI=1S/C27H41N3O2/c1-22-7-2-3-8-24(22)14-19-28-17-12-23(13-18-28)21-30(25-9-4-5-10-25)27(32)15-20-29-16-6-11-26(29)31/h2-3,7-8,23,25H,4-6,9-21H2,1H3. The molecule has 2 heterocycles. The molecule has 0 aromatic heterocycles. The van der Waals surface area contributed by atoms with Crippen LogP contribution in [0.3, 0.4) is 0 Å². The smallest absolute Gasteiger partial charge is 0.224 e. The molecule has 3 fully saturated rings. The summed E-state index contributed by atoms with van der Waals surface area (Å²) in [6.45, 7) is 7.98. The van der Waals surface area contributed by atoms with Crippen LogP contribution < -0.4 is 0 Å². The van der Waals surface area contributed by atoms with Crippen molar-refractivity contribution in [3.63, 3.8) is 0 Å². The highest BCUT2D eigenvalue weighted by molar-refractivity contribution is 5.80. The minimum Gasteiger partial charge on any atom is -0.342 e. The van der Waals surface area contributed by atoms with Crippen LogP contribution in [-0.2, 0) is 16.0 Å². The number of nitrogens with zero attached hydrogens (tertiary/aromatic N) is 3. The Labute approximate surface area is 194 Å². The molecule has 1 aromatic rings. The zero-order chi connectivity index (χ0) is 22.3. The molecular formula is C27H41N3O2. The maximum Gasteiger partial charge on any atom is 0.224 e. The van der Waals surface area contributed by atoms with Gasteiger partial charge >= 0.3 is 0 Å². The van der Waals surface area contributed by atoms with Crippen molar-refractivity contribution in [2.45, 2.75) is 77.2 Å². The van der Waals surface area contributed by atoms with E-state index in [0.29, 0.717) is 31.3 Å². The fourth-order valence-corrected chi connectivity index (χ4v) is 5.83. The van der Waals surface area contributed by atoms with E-state index in [2.05, 4.69) is 41.0 Å². The minimum absolute atomic E-state index is 0.225. The molecule has 2 saturated heterocycles. The molecule has 0 N–H and O–H groups in total. The molecule has 5 nitrogen and oxygen atoms in total. The lowest BCUT2D eigenvalue weighted by Gasteiger charge is -2.37. The van der Waals surface area contributed by atoms with Crippen molar-refractivity contribution in [1.82, 2.24) is 14.7 Å². The number of piperidine rings is 1. The van der Waals surface area contributed by atoms with Crippen LogP contribution in [0, 0.1) is 12.8 Å². The third kappa shape index (κ3) is 6.12. The SMILES string of the molecule is Cc1ccccc1CCN1CCC(CN(C(=O)CCN2CCCC2=O)C2CCCC2)CC1. The maximum atomic E-state index is 13.2. The van der Waals surface area contributed by atoms with Gasteiger partial charge in [-0.1, -0.05) is 37.1 Å². The quantitative estimate of drug-likeness (QED) is 0.583. The lowest BCUT2D eigenvalue weighted by atomic mass is 9.94. The van der Waals surface area contributed by atoms with Crippen LogP contribution in [0.4, 0.5) is 0 Å². The molecule has 2 amide bonds. The molecule has 4 rings (SSSR count). The molecule has 176 valence electrons. The summed E-state index contributed by atoms with van der Waals surface area (Å²) in [5.74, 6) is 1.12. The Morgan fingerprint density at radius 2 is 1.75 bits per heavy atom. The van der Waals surface area contributed by atoms with E-state index in [1.165, 1.54) is 36.8 Å². The van der Waals surface area contributed by atoms with Gasteiger partial charge in [0.25, 0.3) is 0 Å². The van der Waals surface area contributed by atoms with Gasteiger partial charge in [0.1, 0.15) is 0 Å². The zero-order valence-corrected chi connectivity index (χ0v) is 19.9. The molecule has 3 aliphatic rings. The predicted octanol–water partition coefficient (Wildman–Crippen LogP) is 4.03. The van der Waals surface area contributed by atoms with E-state index in [1.807, 2.05) is 4.90 Å². The van der Waals surface area contributed by atoms with Gasteiger partial charge < -0.3 is 14.7 Å². The minimum atomic E-state index is 0.225. The Hall–Kier alpha value is -1.88. The first-order chi connectivity index (χ1) is 15.6. The molecule has 0 spiro atoms. The highest BCUT2D eigenvalue weighted by atomic mass is 16.2. The number of amides is 2. The molecule has 1 saturated carbocycles. The molecule has 0 bridgehead atoms. The van der Waals surface area contributed by atoms with Crippen molar-refractivity contribution >= 4 is 11.8 Å². The maximum absolute atomic E-state index is 13.2. The first kappa shape index (κ1) is 23.3. The number of likely N-dealkylation sites (tertiary alicyclic amines) is 2. The summed E-state index contributed by atoms with van der Waals surface area (Å²) in [6.07, 6.45) is 10.4. The van der Waals surface area contributed by atoms with E-state index >= 15 is 0 Å². The third-order valence-electron chi connectivity index (χ3n) is 7.97. The van der Waals surface area contributed by atoms with Crippen LogP contribution in [0.15, 0.2) is 24.3 Å². The van der Waals surface area contributed by atoms with Crippen molar-refractivity contribution < 1.29 is 9.59 Å². The Bertz CT molecular complexity index is 766. The molecule has 0 radical (unpaired) electrons. The average molecular weight is 440 g/mol. The van der Waals surface area contributed by atoms with Gasteiger partial charge in [-0.2, -0.15) is 0 Å². The van der Waals surface area contributed by atoms with E-state index in [-0.39, 0.29) is 11.8 Å². The predicted molar refractivity (Wildman–Crippen MR) is 128 cm³/mol. The average Bonchev–Trinajstić information content (AvgIpc) is 3.48. The Morgan fingerprint density at radius 3 is 2.44 bits per heavy atom. The van der Waals surface area contributed by atoms with Crippen LogP contribution in [-0.4, -0.2) is 71.8 Å². The lowest BCUT2D eigenvalue weighted by molar-refractivity contribution is -0.135. The summed E-state index contributed by atoms with van der Waals surface area (Å²) in [5.41, 5.74) is 2.85. The second-order valence-electron chi connectivity index (χ2n) is 10.2. The lowest BCUT2D eigenvalue weighted by Crippen LogP contribution is -2.46. The van der Waals surface area contributed by atoms with Crippen LogP contribution in [0.5, 0.6) is 0 Å². The molecule has 32 heavy (non-hydrogen) atoms. The van der Waals surface area contributed by atoms with Crippen LogP contribution in [0.1, 0.15) is 68.9 Å². The van der Waals surface area contributed by atoms with Gasteiger partial charge in [0.2, 0.25) is 11.8 Å². The topological polar surface area (TPSA) is 43.9 Å². The normalized spacial score (nSPS) is 20.9. The second kappa shape index (κ2) is 11.3. The number of carbonyl (C=O) groups excluding carboxylic acids is 2. The molecule has 5 heteroatoms. The van der Waals surface area contributed by atoms with Crippen LogP contribution in [0.25, 0.3) is 0 Å². The number of benzene rings is 1. The number of rotatable bonds is 9. The van der Waals surface area contributed by atoms with E-state index in [1.54, 1.807) is 0 Å². The fraction of sp³-hybridized carbons (Fsp3) is 0.704. The highest BCUT2D eigenvalue weighted by Crippen LogP contribution is 2.28. The van der Waals surface area contributed by atoms with Crippen molar-refractivity contribution in [3.05, 3.63) is 35.4 Å². The second-order valence-corrected chi connectivity index (χ2v) is 10.2. The number of aryl methyl sites for hydroxylation is 1. The van der Waals surface area contributed by atoms with Crippen LogP contribution >= 0.6 is 0 Å². The summed E-state index contributed by atoms with van der Waals surface area (Å²) in [5, 5.41) is 0. The zero-order valence-electron chi connectivity index (χ0n) is 19.9. The van der Waals surface area contributed by atoms with Gasteiger partial charge in [-0.3, -0.25) is 9.59 Å². The van der Waals surface area contributed by atoms with Gasteiger partial charge in [0.15, 0.2) is 0 Å². The van der Waals surface area contributed by atoms with E-state index in [0.717, 1.165) is 58.4 Å². The first-order valence-corrected chi connectivity index (χ1v) is 12.9. The number of hydrogen-bond acceptors (Lipinski definition) is 3. The molecule has 1 aliphatic carbocycles. The summed E-state index contributed by atoms with van der Waals surface area (Å²) >= 11 is 0. The molecule has 1 aromatic carbocycles. The van der Waals surface area contributed by atoms with Gasteiger partial charge in [0, 0.05) is 45.1 Å². The van der Waals surface area contributed by atoms with Crippen LogP contribution in [0.2, 0.25) is 0 Å². The van der Waals surface area contributed by atoms with Crippen molar-refractivity contribution in [2.75, 3.05) is 39.3 Å². The number of carbonyl (C=O) groups is 2. The fourth-order valence-electron chi connectivity index (χ4n) is 5.83. The summed E-state index contributed by atoms with van der Waals surface area (Å²) < 4.78 is 0. The Kier molecular flexibility index (Phi) is 8.23. The van der Waals surface area contributed by atoms with Crippen molar-refractivity contribution in [1.29, 1.82) is 0 Å². The first-order valence-electron chi connectivity index (χ1n) is 12.9. The van der Waals surface area contributed by atoms with Gasteiger partial charge in [-0.15, -0.1) is 0 Å². The Morgan fingerprint density at radius 1 is 1.00 bits per heavy atom. The van der Waals surface area contributed by atoms with E-state index < -0.39 is 0 Å². The number of hydrogen-bond donors (Lipinski definition) is 0. The van der Waals surface area contributed by atoms with Gasteiger partial charge in [-0.25, -0.2) is 0 Å². The summed E-state index contributed by atoms with van der Waals surface area (Å²) in [6, 6.07) is 9.14. The summed E-state index contributed by atoms with van der Waals surface area (Å²) in [4.78, 5) is 31.8. The Balaban J connectivity index is 1.25. The van der Waals surface area contributed by atoms with Crippen molar-refractivity contribution in [2.24, 2.45) is 5.92 Å². The molecular weight excluding hydrogens is 398 g/mol. The molecule has 0 atom stereocenters. The largest absolute Gasteiger partial charge is 0.342 e. The highest BCUT2D eigenvalue weighted by Gasteiger charge is 2.31. The third-order valence-corrected chi connectivity index (χ3v) is 7.97. The van der Waals surface area contributed by atoms with Gasteiger partial charge in [0.05, 0.1) is 0 Å². The van der Waals surface area contributed by atoms with E-state index in [9.17, 15) is 9.59 Å². The summed E-state index contributed by atoms with van der Waals surface area (Å²) in [7, 11) is 0. The molecule has 2 aliphatic heterocycles. The van der Waals surface area contributed by atoms with E-state index in [4.69, 9.17) is 0 Å². The van der Waals surface area contributed by atoms with Crippen molar-refractivity contribution in [3.8, 4) is 0 Å². The monoisotopic (exact) mass is 439 g/mol.